The second-order valence-corrected chi connectivity index (χ2v) is 7.36. The van der Waals surface area contributed by atoms with Crippen molar-refractivity contribution in [2.75, 3.05) is 13.1 Å². The standard InChI is InChI=1S/C17H24N2O2/c1-10(8-11-2-3-11)18-6-7-19-16(20)14-12-4-5-13(9-12)15(14)17(19)21/h4-5,10-15,18H,2-3,6-9H2,1H3/t10-,12+,13+,14-,15-/m1/s1. The van der Waals surface area contributed by atoms with E-state index < -0.39 is 0 Å². The lowest BCUT2D eigenvalue weighted by molar-refractivity contribution is -0.140. The maximum atomic E-state index is 12.5. The van der Waals surface area contributed by atoms with Gasteiger partial charge in [-0.05, 0) is 37.5 Å². The number of likely N-dealkylation sites (tertiary alicyclic amines) is 1. The van der Waals surface area contributed by atoms with Crippen molar-refractivity contribution in [2.45, 2.75) is 38.6 Å². The predicted octanol–water partition coefficient (Wildman–Crippen LogP) is 1.57. The average Bonchev–Trinajstić information content (AvgIpc) is 2.95. The van der Waals surface area contributed by atoms with Gasteiger partial charge in [-0.3, -0.25) is 14.5 Å². The van der Waals surface area contributed by atoms with E-state index in [2.05, 4.69) is 24.4 Å². The maximum Gasteiger partial charge on any atom is 0.233 e. The van der Waals surface area contributed by atoms with E-state index in [-0.39, 0.29) is 23.7 Å². The summed E-state index contributed by atoms with van der Waals surface area (Å²) in [6, 6.07) is 0.489. The van der Waals surface area contributed by atoms with Crippen LogP contribution in [0.4, 0.5) is 0 Å². The Bertz CT molecular complexity index is 467. The molecule has 21 heavy (non-hydrogen) atoms. The van der Waals surface area contributed by atoms with Crippen LogP contribution >= 0.6 is 0 Å². The zero-order valence-electron chi connectivity index (χ0n) is 12.6. The molecule has 0 spiro atoms. The molecule has 114 valence electrons. The summed E-state index contributed by atoms with van der Waals surface area (Å²) in [4.78, 5) is 26.5. The van der Waals surface area contributed by atoms with Gasteiger partial charge >= 0.3 is 0 Å². The zero-order chi connectivity index (χ0) is 14.6. The quantitative estimate of drug-likeness (QED) is 0.596. The van der Waals surface area contributed by atoms with E-state index in [1.165, 1.54) is 24.2 Å². The van der Waals surface area contributed by atoms with Crippen molar-refractivity contribution in [3.63, 3.8) is 0 Å². The Labute approximate surface area is 125 Å². The van der Waals surface area contributed by atoms with Crippen molar-refractivity contribution in [1.82, 2.24) is 10.2 Å². The van der Waals surface area contributed by atoms with E-state index in [1.807, 2.05) is 0 Å². The van der Waals surface area contributed by atoms with Crippen molar-refractivity contribution < 1.29 is 9.59 Å². The topological polar surface area (TPSA) is 49.4 Å². The van der Waals surface area contributed by atoms with E-state index in [0.29, 0.717) is 24.4 Å². The van der Waals surface area contributed by atoms with Gasteiger partial charge in [-0.1, -0.05) is 25.0 Å². The molecule has 0 unspecified atom stereocenters. The van der Waals surface area contributed by atoms with Crippen LogP contribution in [-0.2, 0) is 9.59 Å². The SMILES string of the molecule is C[C@H](CC1CC1)NCCN1C(=O)[C@H]2[C@H](C1=O)[C@H]1C=C[C@H]2C1. The lowest BCUT2D eigenvalue weighted by Crippen LogP contribution is -2.40. The van der Waals surface area contributed by atoms with Gasteiger partial charge in [0.15, 0.2) is 0 Å². The van der Waals surface area contributed by atoms with Crippen LogP contribution in [0.3, 0.4) is 0 Å². The monoisotopic (exact) mass is 288 g/mol. The summed E-state index contributed by atoms with van der Waals surface area (Å²) in [5.41, 5.74) is 0. The highest BCUT2D eigenvalue weighted by molar-refractivity contribution is 6.06. The molecule has 1 saturated heterocycles. The van der Waals surface area contributed by atoms with Gasteiger partial charge in [0, 0.05) is 19.1 Å². The van der Waals surface area contributed by atoms with Crippen molar-refractivity contribution in [1.29, 1.82) is 0 Å². The van der Waals surface area contributed by atoms with Crippen LogP contribution in [0.2, 0.25) is 0 Å². The summed E-state index contributed by atoms with van der Waals surface area (Å²) in [6.45, 7) is 3.47. The molecule has 0 radical (unpaired) electrons. The zero-order valence-corrected chi connectivity index (χ0v) is 12.6. The van der Waals surface area contributed by atoms with Gasteiger partial charge in [0.05, 0.1) is 11.8 Å². The number of amides is 2. The van der Waals surface area contributed by atoms with E-state index in [1.54, 1.807) is 0 Å². The lowest BCUT2D eigenvalue weighted by atomic mass is 9.85. The summed E-state index contributed by atoms with van der Waals surface area (Å²) >= 11 is 0. The molecule has 4 heteroatoms. The third-order valence-corrected chi connectivity index (χ3v) is 5.77. The fraction of sp³-hybridized carbons (Fsp3) is 0.765. The highest BCUT2D eigenvalue weighted by Crippen LogP contribution is 2.52. The Kier molecular flexibility index (Phi) is 3.18. The van der Waals surface area contributed by atoms with E-state index in [9.17, 15) is 9.59 Å². The first-order chi connectivity index (χ1) is 10.1. The summed E-state index contributed by atoms with van der Waals surface area (Å²) in [5.74, 6) is 1.62. The number of nitrogens with zero attached hydrogens (tertiary/aromatic N) is 1. The van der Waals surface area contributed by atoms with E-state index in [0.717, 1.165) is 18.9 Å². The van der Waals surface area contributed by atoms with Crippen LogP contribution in [0.15, 0.2) is 12.2 Å². The second-order valence-electron chi connectivity index (χ2n) is 7.36. The molecule has 3 aliphatic carbocycles. The third-order valence-electron chi connectivity index (χ3n) is 5.77. The molecule has 0 aromatic carbocycles. The van der Waals surface area contributed by atoms with Crippen LogP contribution in [0, 0.1) is 29.6 Å². The van der Waals surface area contributed by atoms with Crippen LogP contribution < -0.4 is 5.32 Å². The molecule has 1 N–H and O–H groups in total. The van der Waals surface area contributed by atoms with Crippen LogP contribution in [0.5, 0.6) is 0 Å². The fourth-order valence-electron chi connectivity index (χ4n) is 4.54. The molecule has 3 fully saturated rings. The smallest absolute Gasteiger partial charge is 0.233 e. The van der Waals surface area contributed by atoms with Gasteiger partial charge in [0.1, 0.15) is 0 Å². The van der Waals surface area contributed by atoms with Gasteiger partial charge in [0.2, 0.25) is 11.8 Å². The van der Waals surface area contributed by atoms with Crippen LogP contribution in [0.25, 0.3) is 0 Å². The van der Waals surface area contributed by atoms with Gasteiger partial charge in [-0.15, -0.1) is 0 Å². The van der Waals surface area contributed by atoms with Crippen LogP contribution in [-0.4, -0.2) is 35.8 Å². The van der Waals surface area contributed by atoms with Crippen molar-refractivity contribution in [3.8, 4) is 0 Å². The third kappa shape index (κ3) is 2.24. The Hall–Kier alpha value is -1.16. The molecule has 5 atom stereocenters. The first kappa shape index (κ1) is 13.5. The first-order valence-corrected chi connectivity index (χ1v) is 8.42. The van der Waals surface area contributed by atoms with E-state index in [4.69, 9.17) is 0 Å². The number of carbonyl (C=O) groups is 2. The second kappa shape index (κ2) is 4.94. The first-order valence-electron chi connectivity index (χ1n) is 8.42. The molecular formula is C17H24N2O2. The summed E-state index contributed by atoms with van der Waals surface area (Å²) in [5, 5.41) is 3.46. The number of imide groups is 1. The lowest BCUT2D eigenvalue weighted by Gasteiger charge is -2.19. The summed E-state index contributed by atoms with van der Waals surface area (Å²) in [6.07, 6.45) is 9.27. The molecule has 1 heterocycles. The number of allylic oxidation sites excluding steroid dienone is 2. The summed E-state index contributed by atoms with van der Waals surface area (Å²) in [7, 11) is 0. The Morgan fingerprint density at radius 1 is 1.19 bits per heavy atom. The molecule has 0 aromatic heterocycles. The van der Waals surface area contributed by atoms with Gasteiger partial charge in [-0.2, -0.15) is 0 Å². The maximum absolute atomic E-state index is 12.5. The van der Waals surface area contributed by atoms with E-state index >= 15 is 0 Å². The largest absolute Gasteiger partial charge is 0.312 e. The van der Waals surface area contributed by atoms with Crippen molar-refractivity contribution >= 4 is 11.8 Å². The van der Waals surface area contributed by atoms with Crippen molar-refractivity contribution in [2.24, 2.45) is 29.6 Å². The number of nitrogens with one attached hydrogen (secondary N) is 1. The average molecular weight is 288 g/mol. The summed E-state index contributed by atoms with van der Waals surface area (Å²) < 4.78 is 0. The molecule has 2 amide bonds. The number of rotatable bonds is 6. The molecule has 0 aromatic rings. The number of hydrogen-bond donors (Lipinski definition) is 1. The predicted molar refractivity (Wildman–Crippen MR) is 79.2 cm³/mol. The minimum absolute atomic E-state index is 0.0450. The van der Waals surface area contributed by atoms with Crippen molar-refractivity contribution in [3.05, 3.63) is 12.2 Å². The molecule has 2 saturated carbocycles. The molecule has 4 nitrogen and oxygen atoms in total. The Morgan fingerprint density at radius 2 is 1.81 bits per heavy atom. The number of carbonyl (C=O) groups excluding carboxylic acids is 2. The van der Waals surface area contributed by atoms with Gasteiger partial charge in [0.25, 0.3) is 0 Å². The molecule has 1 aliphatic heterocycles. The molecule has 4 rings (SSSR count). The molecule has 4 aliphatic rings. The Morgan fingerprint density at radius 3 is 2.38 bits per heavy atom. The highest BCUT2D eigenvalue weighted by Gasteiger charge is 2.58. The van der Waals surface area contributed by atoms with Gasteiger partial charge < -0.3 is 5.32 Å². The fourth-order valence-corrected chi connectivity index (χ4v) is 4.54. The molecular weight excluding hydrogens is 264 g/mol. The van der Waals surface area contributed by atoms with Gasteiger partial charge in [-0.25, -0.2) is 0 Å². The highest BCUT2D eigenvalue weighted by atomic mass is 16.2. The normalized spacial score (nSPS) is 38.4. The minimum atomic E-state index is -0.0450. The number of fused-ring (bicyclic) bond motifs is 5. The number of hydrogen-bond acceptors (Lipinski definition) is 3. The van der Waals surface area contributed by atoms with Crippen LogP contribution in [0.1, 0.15) is 32.6 Å². The molecule has 2 bridgehead atoms. The Balaban J connectivity index is 1.32. The minimum Gasteiger partial charge on any atom is -0.312 e.